The van der Waals surface area contributed by atoms with E-state index < -0.39 is 9.84 Å². The zero-order valence-electron chi connectivity index (χ0n) is 21.1. The van der Waals surface area contributed by atoms with Crippen LogP contribution in [0.5, 0.6) is 0 Å². The number of halogens is 1. The number of aliphatic hydroxyl groups excluding tert-OH is 1. The van der Waals surface area contributed by atoms with Gasteiger partial charge < -0.3 is 9.67 Å². The van der Waals surface area contributed by atoms with Gasteiger partial charge in [0, 0.05) is 39.4 Å². The molecule has 2 saturated heterocycles. The molecule has 1 aliphatic carbocycles. The second-order valence-electron chi connectivity index (χ2n) is 11.0. The number of rotatable bonds is 8. The van der Waals surface area contributed by atoms with E-state index in [0.717, 1.165) is 66.4 Å². The van der Waals surface area contributed by atoms with Crippen LogP contribution in [-0.4, -0.2) is 64.5 Å². The molecule has 1 aromatic heterocycles. The minimum Gasteiger partial charge on any atom is -0.393 e. The summed E-state index contributed by atoms with van der Waals surface area (Å²) in [6.45, 7) is 2.33. The van der Waals surface area contributed by atoms with Crippen molar-refractivity contribution in [3.05, 3.63) is 64.3 Å². The van der Waals surface area contributed by atoms with E-state index in [1.54, 1.807) is 0 Å². The SMILES string of the molecule is Cc1c(C(=O)CN2[C@@H]3CC[C@H]2C[C@H](O)C3)c2ccc(CCS(=O)(=O)C3CC3)cc2n1-c1ccc(Cl)cc1. The number of ketones is 1. The monoisotopic (exact) mass is 540 g/mol. The first-order chi connectivity index (χ1) is 17.7. The highest BCUT2D eigenvalue weighted by atomic mass is 35.5. The molecule has 0 unspecified atom stereocenters. The maximum Gasteiger partial charge on any atom is 0.179 e. The fraction of sp³-hybridized carbons (Fsp3) is 0.483. The third-order valence-electron chi connectivity index (χ3n) is 8.53. The average molecular weight is 541 g/mol. The van der Waals surface area contributed by atoms with Gasteiger partial charge in [-0.3, -0.25) is 9.69 Å². The largest absolute Gasteiger partial charge is 0.393 e. The van der Waals surface area contributed by atoms with Gasteiger partial charge in [0.05, 0.1) is 29.2 Å². The Kier molecular flexibility index (Phi) is 6.46. The topological polar surface area (TPSA) is 79.6 Å². The van der Waals surface area contributed by atoms with Crippen LogP contribution in [0.2, 0.25) is 5.02 Å². The Morgan fingerprint density at radius 3 is 2.35 bits per heavy atom. The molecule has 6 nitrogen and oxygen atoms in total. The number of fused-ring (bicyclic) bond motifs is 3. The summed E-state index contributed by atoms with van der Waals surface area (Å²) >= 11 is 6.16. The Morgan fingerprint density at radius 2 is 1.70 bits per heavy atom. The molecule has 8 heteroatoms. The zero-order valence-corrected chi connectivity index (χ0v) is 22.6. The van der Waals surface area contributed by atoms with Gasteiger partial charge in [-0.05, 0) is 87.8 Å². The molecule has 2 bridgehead atoms. The van der Waals surface area contributed by atoms with Crippen LogP contribution >= 0.6 is 11.6 Å². The summed E-state index contributed by atoms with van der Waals surface area (Å²) in [6, 6.07) is 14.1. The molecular formula is C29H33ClN2O4S. The van der Waals surface area contributed by atoms with Gasteiger partial charge in [0.25, 0.3) is 0 Å². The van der Waals surface area contributed by atoms with Gasteiger partial charge in [0.2, 0.25) is 0 Å². The number of benzene rings is 2. The Labute approximate surface area is 223 Å². The van der Waals surface area contributed by atoms with Crippen molar-refractivity contribution in [1.29, 1.82) is 0 Å². The molecule has 37 heavy (non-hydrogen) atoms. The van der Waals surface area contributed by atoms with Crippen molar-refractivity contribution in [3.8, 4) is 5.69 Å². The van der Waals surface area contributed by atoms with Crippen LogP contribution in [0.15, 0.2) is 42.5 Å². The highest BCUT2D eigenvalue weighted by Gasteiger charge is 2.41. The fourth-order valence-corrected chi connectivity index (χ4v) is 8.33. The van der Waals surface area contributed by atoms with E-state index in [-0.39, 0.29) is 35.0 Å². The van der Waals surface area contributed by atoms with E-state index in [0.29, 0.717) is 23.6 Å². The van der Waals surface area contributed by atoms with Crippen molar-refractivity contribution >= 4 is 38.1 Å². The van der Waals surface area contributed by atoms with Crippen LogP contribution in [0.3, 0.4) is 0 Å². The molecule has 3 heterocycles. The van der Waals surface area contributed by atoms with E-state index in [1.807, 2.05) is 49.4 Å². The van der Waals surface area contributed by atoms with Crippen molar-refractivity contribution in [1.82, 2.24) is 9.47 Å². The number of piperidine rings is 1. The molecule has 3 aromatic rings. The predicted molar refractivity (Wildman–Crippen MR) is 147 cm³/mol. The smallest absolute Gasteiger partial charge is 0.179 e. The molecule has 3 fully saturated rings. The van der Waals surface area contributed by atoms with E-state index in [4.69, 9.17) is 11.6 Å². The van der Waals surface area contributed by atoms with Crippen LogP contribution < -0.4 is 0 Å². The molecule has 1 N–H and O–H groups in total. The van der Waals surface area contributed by atoms with Crippen molar-refractivity contribution in [2.45, 2.75) is 75.3 Å². The predicted octanol–water partition coefficient (Wildman–Crippen LogP) is 4.88. The Bertz CT molecular complexity index is 1450. The summed E-state index contributed by atoms with van der Waals surface area (Å²) in [4.78, 5) is 16.2. The number of hydrogen-bond donors (Lipinski definition) is 1. The lowest BCUT2D eigenvalue weighted by molar-refractivity contribution is 0.0344. The van der Waals surface area contributed by atoms with Crippen LogP contribution in [0.1, 0.15) is 60.1 Å². The first kappa shape index (κ1) is 25.1. The third-order valence-corrected chi connectivity index (χ3v) is 11.0. The zero-order chi connectivity index (χ0) is 25.9. The minimum absolute atomic E-state index is 0.0903. The minimum atomic E-state index is -3.05. The van der Waals surface area contributed by atoms with Crippen molar-refractivity contribution < 1.29 is 18.3 Å². The maximum absolute atomic E-state index is 13.9. The fourth-order valence-electron chi connectivity index (χ4n) is 6.49. The van der Waals surface area contributed by atoms with Crippen molar-refractivity contribution in [2.24, 2.45) is 0 Å². The molecule has 6 rings (SSSR count). The van der Waals surface area contributed by atoms with Gasteiger partial charge >= 0.3 is 0 Å². The Morgan fingerprint density at radius 1 is 1.03 bits per heavy atom. The molecule has 2 aliphatic heterocycles. The average Bonchev–Trinajstić information content (AvgIpc) is 3.64. The summed E-state index contributed by atoms with van der Waals surface area (Å²) in [7, 11) is -3.05. The normalized spacial score (nSPS) is 24.1. The van der Waals surface area contributed by atoms with Crippen LogP contribution in [-0.2, 0) is 16.3 Å². The molecule has 0 amide bonds. The molecular weight excluding hydrogens is 508 g/mol. The Hall–Kier alpha value is -2.19. The number of aliphatic hydroxyl groups is 1. The number of sulfone groups is 1. The van der Waals surface area contributed by atoms with E-state index in [9.17, 15) is 18.3 Å². The number of aryl methyl sites for hydroxylation is 1. The van der Waals surface area contributed by atoms with Crippen molar-refractivity contribution in [2.75, 3.05) is 12.3 Å². The third kappa shape index (κ3) is 4.76. The number of aromatic nitrogens is 1. The number of carbonyl (C=O) groups is 1. The molecule has 0 radical (unpaired) electrons. The number of carbonyl (C=O) groups excluding carboxylic acids is 1. The number of Topliss-reactive ketones (excluding diaryl/α,β-unsaturated/α-hetero) is 1. The van der Waals surface area contributed by atoms with Gasteiger partial charge in [-0.15, -0.1) is 0 Å². The molecule has 1 saturated carbocycles. The highest BCUT2D eigenvalue weighted by molar-refractivity contribution is 7.92. The van der Waals surface area contributed by atoms with E-state index in [2.05, 4.69) is 9.47 Å². The van der Waals surface area contributed by atoms with E-state index >= 15 is 0 Å². The van der Waals surface area contributed by atoms with Crippen LogP contribution in [0.25, 0.3) is 16.6 Å². The molecule has 2 aromatic carbocycles. The highest BCUT2D eigenvalue weighted by Crippen LogP contribution is 2.37. The van der Waals surface area contributed by atoms with Crippen LogP contribution in [0.4, 0.5) is 0 Å². The lowest BCUT2D eigenvalue weighted by Crippen LogP contribution is -2.46. The number of nitrogens with zero attached hydrogens (tertiary/aromatic N) is 2. The molecule has 3 aliphatic rings. The lowest BCUT2D eigenvalue weighted by atomic mass is 9.98. The number of hydrogen-bond acceptors (Lipinski definition) is 5. The second-order valence-corrected chi connectivity index (χ2v) is 13.9. The first-order valence-electron chi connectivity index (χ1n) is 13.3. The summed E-state index contributed by atoms with van der Waals surface area (Å²) in [5.74, 6) is 0.242. The van der Waals surface area contributed by atoms with Crippen molar-refractivity contribution in [3.63, 3.8) is 0 Å². The quantitative estimate of drug-likeness (QED) is 0.412. The van der Waals surface area contributed by atoms with Gasteiger partial charge in [-0.1, -0.05) is 23.7 Å². The van der Waals surface area contributed by atoms with Gasteiger partial charge in [-0.2, -0.15) is 0 Å². The van der Waals surface area contributed by atoms with E-state index in [1.165, 1.54) is 0 Å². The summed E-state index contributed by atoms with van der Waals surface area (Å²) in [5, 5.41) is 11.6. The van der Waals surface area contributed by atoms with Gasteiger partial charge in [0.15, 0.2) is 15.6 Å². The van der Waals surface area contributed by atoms with Crippen LogP contribution in [0, 0.1) is 6.92 Å². The Balaban J connectivity index is 1.37. The summed E-state index contributed by atoms with van der Waals surface area (Å²) in [6.07, 6.45) is 5.31. The second kappa shape index (κ2) is 9.53. The van der Waals surface area contributed by atoms with Gasteiger partial charge in [-0.25, -0.2) is 8.42 Å². The summed E-state index contributed by atoms with van der Waals surface area (Å²) in [5.41, 5.74) is 4.35. The maximum atomic E-state index is 13.9. The first-order valence-corrected chi connectivity index (χ1v) is 15.4. The standard InChI is InChI=1S/C29H33ClN2O4S/c1-18-29(28(34)17-31-22-7-8-23(31)16-24(33)15-22)26-11-2-19(12-13-37(35,36)25-9-10-25)14-27(26)32(18)21-5-3-20(30)4-6-21/h2-6,11,14,22-25,33H,7-10,12-13,15-17H2,1H3/t22-,23+,24-. The molecule has 0 spiro atoms. The molecule has 196 valence electrons. The summed E-state index contributed by atoms with van der Waals surface area (Å²) < 4.78 is 27.1. The lowest BCUT2D eigenvalue weighted by Gasteiger charge is -2.36. The van der Waals surface area contributed by atoms with Gasteiger partial charge in [0.1, 0.15) is 0 Å². The molecule has 3 atom stereocenters.